The molecule has 0 saturated heterocycles. The van der Waals surface area contributed by atoms with E-state index in [2.05, 4.69) is 63.7 Å². The van der Waals surface area contributed by atoms with Crippen molar-refractivity contribution in [2.24, 2.45) is 0 Å². The van der Waals surface area contributed by atoms with Gasteiger partial charge in [0, 0.05) is 47.8 Å². The second-order valence-corrected chi connectivity index (χ2v) is 7.12. The first-order valence-corrected chi connectivity index (χ1v) is 9.39. The Kier molecular flexibility index (Phi) is 4.96. The third-order valence-electron chi connectivity index (χ3n) is 4.91. The summed E-state index contributed by atoms with van der Waals surface area (Å²) in [7, 11) is 5.44. The molecule has 0 aliphatic carbocycles. The number of ether oxygens (including phenoxy) is 1. The number of carbonyl (C=O) groups excluding carboxylic acids is 1. The average molecular weight is 385 g/mol. The van der Waals surface area contributed by atoms with Crippen LogP contribution in [0.1, 0.15) is 10.4 Å². The maximum atomic E-state index is 11.6. The van der Waals surface area contributed by atoms with Gasteiger partial charge in [0.15, 0.2) is 0 Å². The average Bonchev–Trinajstić information content (AvgIpc) is 3.17. The van der Waals surface area contributed by atoms with E-state index in [1.54, 1.807) is 12.1 Å². The fraction of sp³-hybridized carbons (Fsp3) is 0.125. The van der Waals surface area contributed by atoms with Crippen molar-refractivity contribution in [2.45, 2.75) is 0 Å². The van der Waals surface area contributed by atoms with Crippen molar-refractivity contribution in [3.8, 4) is 11.3 Å². The molecule has 0 bridgehead atoms. The number of rotatable bonds is 5. The summed E-state index contributed by atoms with van der Waals surface area (Å²) < 4.78 is 4.75. The highest BCUT2D eigenvalue weighted by atomic mass is 16.5. The van der Waals surface area contributed by atoms with Gasteiger partial charge >= 0.3 is 5.97 Å². The molecule has 0 amide bonds. The van der Waals surface area contributed by atoms with Crippen LogP contribution in [-0.4, -0.2) is 32.2 Å². The standard InChI is InChI=1S/C24H23N3O2/c1-27(2)21-12-10-19(11-13-21)25-20-9-8-18-14-22(26-23(18)15-20)16-4-6-17(7-5-16)24(28)29-3/h4-15,25-26H,1-3H3. The Morgan fingerprint density at radius 1 is 0.897 bits per heavy atom. The Hall–Kier alpha value is -3.73. The molecule has 29 heavy (non-hydrogen) atoms. The molecule has 0 aliphatic heterocycles. The summed E-state index contributed by atoms with van der Waals surface area (Å²) in [5.41, 5.74) is 6.83. The molecule has 0 aliphatic rings. The maximum Gasteiger partial charge on any atom is 0.337 e. The van der Waals surface area contributed by atoms with Crippen LogP contribution in [0.25, 0.3) is 22.2 Å². The van der Waals surface area contributed by atoms with Crippen molar-refractivity contribution in [3.63, 3.8) is 0 Å². The molecular formula is C24H23N3O2. The van der Waals surface area contributed by atoms with E-state index in [9.17, 15) is 4.79 Å². The fourth-order valence-electron chi connectivity index (χ4n) is 3.27. The molecule has 146 valence electrons. The molecule has 0 unspecified atom stereocenters. The van der Waals surface area contributed by atoms with Crippen LogP contribution in [0.4, 0.5) is 17.1 Å². The van der Waals surface area contributed by atoms with Crippen LogP contribution >= 0.6 is 0 Å². The van der Waals surface area contributed by atoms with Gasteiger partial charge in [-0.2, -0.15) is 0 Å². The van der Waals surface area contributed by atoms with E-state index in [0.717, 1.165) is 33.5 Å². The summed E-state index contributed by atoms with van der Waals surface area (Å²) in [6.45, 7) is 0. The van der Waals surface area contributed by atoms with Gasteiger partial charge in [-0.1, -0.05) is 18.2 Å². The van der Waals surface area contributed by atoms with Crippen molar-refractivity contribution in [2.75, 3.05) is 31.4 Å². The second kappa shape index (κ2) is 7.72. The van der Waals surface area contributed by atoms with Crippen molar-refractivity contribution in [1.29, 1.82) is 0 Å². The summed E-state index contributed by atoms with van der Waals surface area (Å²) in [5.74, 6) is -0.331. The molecule has 1 heterocycles. The van der Waals surface area contributed by atoms with Gasteiger partial charge in [0.1, 0.15) is 0 Å². The minimum Gasteiger partial charge on any atom is -0.465 e. The van der Waals surface area contributed by atoms with Crippen LogP contribution < -0.4 is 10.2 Å². The zero-order chi connectivity index (χ0) is 20.4. The minimum absolute atomic E-state index is 0.331. The van der Waals surface area contributed by atoms with Gasteiger partial charge in [0.25, 0.3) is 0 Å². The smallest absolute Gasteiger partial charge is 0.337 e. The number of hydrogen-bond acceptors (Lipinski definition) is 4. The predicted molar refractivity (Wildman–Crippen MR) is 119 cm³/mol. The summed E-state index contributed by atoms with van der Waals surface area (Å²) >= 11 is 0. The normalized spacial score (nSPS) is 10.7. The Morgan fingerprint density at radius 2 is 1.59 bits per heavy atom. The van der Waals surface area contributed by atoms with Crippen LogP contribution in [0.5, 0.6) is 0 Å². The van der Waals surface area contributed by atoms with E-state index in [4.69, 9.17) is 4.74 Å². The molecule has 0 spiro atoms. The first-order chi connectivity index (χ1) is 14.0. The number of hydrogen-bond donors (Lipinski definition) is 2. The number of fused-ring (bicyclic) bond motifs is 1. The Balaban J connectivity index is 1.56. The number of anilines is 3. The minimum atomic E-state index is -0.331. The molecule has 4 aromatic rings. The lowest BCUT2D eigenvalue weighted by molar-refractivity contribution is 0.0601. The van der Waals surface area contributed by atoms with E-state index < -0.39 is 0 Å². The molecular weight excluding hydrogens is 362 g/mol. The van der Waals surface area contributed by atoms with Crippen molar-refractivity contribution < 1.29 is 9.53 Å². The number of nitrogens with zero attached hydrogens (tertiary/aromatic N) is 1. The molecule has 5 heteroatoms. The topological polar surface area (TPSA) is 57.4 Å². The third-order valence-corrected chi connectivity index (χ3v) is 4.91. The molecule has 0 radical (unpaired) electrons. The largest absolute Gasteiger partial charge is 0.465 e. The third kappa shape index (κ3) is 3.94. The molecule has 1 aromatic heterocycles. The zero-order valence-electron chi connectivity index (χ0n) is 16.7. The van der Waals surface area contributed by atoms with E-state index >= 15 is 0 Å². The van der Waals surface area contributed by atoms with Gasteiger partial charge < -0.3 is 19.9 Å². The number of H-pyrrole nitrogens is 1. The molecule has 0 atom stereocenters. The second-order valence-electron chi connectivity index (χ2n) is 7.12. The molecule has 3 aromatic carbocycles. The van der Waals surface area contributed by atoms with Crippen molar-refractivity contribution >= 4 is 33.9 Å². The number of nitrogens with one attached hydrogen (secondary N) is 2. The number of esters is 1. The van der Waals surface area contributed by atoms with E-state index in [1.165, 1.54) is 12.8 Å². The highest BCUT2D eigenvalue weighted by Gasteiger charge is 2.08. The van der Waals surface area contributed by atoms with Gasteiger partial charge in [0.05, 0.1) is 12.7 Å². The van der Waals surface area contributed by atoms with Gasteiger partial charge in [-0.25, -0.2) is 4.79 Å². The van der Waals surface area contributed by atoms with Gasteiger partial charge in [0.2, 0.25) is 0 Å². The first kappa shape index (κ1) is 18.6. The van der Waals surface area contributed by atoms with E-state index in [0.29, 0.717) is 5.56 Å². The number of carbonyl (C=O) groups is 1. The fourth-order valence-corrected chi connectivity index (χ4v) is 3.27. The molecule has 2 N–H and O–H groups in total. The van der Waals surface area contributed by atoms with Crippen LogP contribution in [0.3, 0.4) is 0 Å². The Labute approximate surface area is 169 Å². The SMILES string of the molecule is COC(=O)c1ccc(-c2cc3ccc(Nc4ccc(N(C)C)cc4)cc3[nH]2)cc1. The lowest BCUT2D eigenvalue weighted by Crippen LogP contribution is -2.08. The number of benzene rings is 3. The summed E-state index contributed by atoms with van der Waals surface area (Å²) in [5, 5.41) is 4.58. The van der Waals surface area contributed by atoms with Gasteiger partial charge in [-0.3, -0.25) is 0 Å². The molecule has 5 nitrogen and oxygen atoms in total. The number of methoxy groups -OCH3 is 1. The lowest BCUT2D eigenvalue weighted by atomic mass is 10.1. The van der Waals surface area contributed by atoms with Crippen LogP contribution in [0.2, 0.25) is 0 Å². The predicted octanol–water partition coefficient (Wildman–Crippen LogP) is 5.43. The van der Waals surface area contributed by atoms with Gasteiger partial charge in [-0.05, 0) is 60.2 Å². The van der Waals surface area contributed by atoms with Crippen molar-refractivity contribution in [3.05, 3.63) is 78.4 Å². The highest BCUT2D eigenvalue weighted by Crippen LogP contribution is 2.28. The summed E-state index contributed by atoms with van der Waals surface area (Å²) in [6.07, 6.45) is 0. The van der Waals surface area contributed by atoms with Crippen LogP contribution in [-0.2, 0) is 4.74 Å². The number of aromatic nitrogens is 1. The van der Waals surface area contributed by atoms with E-state index in [-0.39, 0.29) is 5.97 Å². The molecule has 0 saturated carbocycles. The Bertz CT molecular complexity index is 1140. The first-order valence-electron chi connectivity index (χ1n) is 9.39. The van der Waals surface area contributed by atoms with Gasteiger partial charge in [-0.15, -0.1) is 0 Å². The lowest BCUT2D eigenvalue weighted by Gasteiger charge is -2.13. The molecule has 0 fully saturated rings. The summed E-state index contributed by atoms with van der Waals surface area (Å²) in [4.78, 5) is 17.1. The number of aromatic amines is 1. The van der Waals surface area contributed by atoms with Crippen LogP contribution in [0.15, 0.2) is 72.8 Å². The summed E-state index contributed by atoms with van der Waals surface area (Å²) in [6, 6.07) is 24.1. The maximum absolute atomic E-state index is 11.6. The zero-order valence-corrected chi connectivity index (χ0v) is 16.7. The molecule has 4 rings (SSSR count). The van der Waals surface area contributed by atoms with E-state index in [1.807, 2.05) is 26.2 Å². The quantitative estimate of drug-likeness (QED) is 0.450. The van der Waals surface area contributed by atoms with Crippen LogP contribution in [0, 0.1) is 0 Å². The highest BCUT2D eigenvalue weighted by molar-refractivity contribution is 5.91. The monoisotopic (exact) mass is 385 g/mol. The van der Waals surface area contributed by atoms with Crippen molar-refractivity contribution in [1.82, 2.24) is 4.98 Å². The Morgan fingerprint density at radius 3 is 2.24 bits per heavy atom.